The molecule has 0 radical (unpaired) electrons. The number of hydrogen-bond acceptors (Lipinski definition) is 4. The molecule has 1 aliphatic rings. The Labute approximate surface area is 179 Å². The van der Waals surface area contributed by atoms with Gasteiger partial charge in [0.1, 0.15) is 0 Å². The van der Waals surface area contributed by atoms with E-state index in [1.54, 1.807) is 23.7 Å². The van der Waals surface area contributed by atoms with Crippen LogP contribution in [0.15, 0.2) is 54.6 Å². The first-order chi connectivity index (χ1) is 14.5. The van der Waals surface area contributed by atoms with E-state index in [2.05, 4.69) is 15.6 Å². The molecule has 154 valence electrons. The van der Waals surface area contributed by atoms with Crippen molar-refractivity contribution in [1.29, 1.82) is 0 Å². The number of halogens is 1. The molecule has 2 heterocycles. The zero-order chi connectivity index (χ0) is 21.1. The number of carbonyl (C=O) groups is 2. The lowest BCUT2D eigenvalue weighted by Crippen LogP contribution is -2.31. The second-order valence-corrected chi connectivity index (χ2v) is 7.89. The Balaban J connectivity index is 1.36. The minimum absolute atomic E-state index is 0.0773. The van der Waals surface area contributed by atoms with Gasteiger partial charge in [0, 0.05) is 37.0 Å². The number of nitrogens with zero attached hydrogens (tertiary/aromatic N) is 4. The van der Waals surface area contributed by atoms with Gasteiger partial charge in [0.25, 0.3) is 5.91 Å². The predicted octanol–water partition coefficient (Wildman–Crippen LogP) is 3.01. The SMILES string of the molecule is Cc1c(C(=O)NCC2CC(=O)N(Cc3ccccc3)C2)nnn1-c1cccc(Cl)c1. The van der Waals surface area contributed by atoms with Gasteiger partial charge in [-0.05, 0) is 30.7 Å². The van der Waals surface area contributed by atoms with Crippen molar-refractivity contribution < 1.29 is 9.59 Å². The molecule has 0 spiro atoms. The van der Waals surface area contributed by atoms with Gasteiger partial charge < -0.3 is 10.2 Å². The number of rotatable bonds is 6. The molecule has 7 nitrogen and oxygen atoms in total. The minimum atomic E-state index is -0.297. The molecular formula is C22H22ClN5O2. The average Bonchev–Trinajstić information content (AvgIpc) is 3.29. The summed E-state index contributed by atoms with van der Waals surface area (Å²) < 4.78 is 1.58. The molecule has 1 fully saturated rings. The molecule has 3 aromatic rings. The standard InChI is InChI=1S/C22H22ClN5O2/c1-15-21(25-26-28(15)19-9-5-8-18(23)11-19)22(30)24-12-17-10-20(29)27(14-17)13-16-6-3-2-4-7-16/h2-9,11,17H,10,12-14H2,1H3,(H,24,30). The Morgan fingerprint density at radius 3 is 2.77 bits per heavy atom. The van der Waals surface area contributed by atoms with Crippen LogP contribution >= 0.6 is 11.6 Å². The molecule has 1 aliphatic heterocycles. The van der Waals surface area contributed by atoms with Gasteiger partial charge >= 0.3 is 0 Å². The first-order valence-electron chi connectivity index (χ1n) is 9.79. The van der Waals surface area contributed by atoms with Gasteiger partial charge in [0.2, 0.25) is 5.91 Å². The van der Waals surface area contributed by atoms with E-state index in [0.29, 0.717) is 36.8 Å². The Hall–Kier alpha value is -3.19. The summed E-state index contributed by atoms with van der Waals surface area (Å²) in [5.74, 6) is -0.107. The minimum Gasteiger partial charge on any atom is -0.350 e. The summed E-state index contributed by atoms with van der Waals surface area (Å²) in [4.78, 5) is 26.8. The number of benzene rings is 2. The average molecular weight is 424 g/mol. The van der Waals surface area contributed by atoms with Gasteiger partial charge in [-0.1, -0.05) is 53.2 Å². The van der Waals surface area contributed by atoms with Gasteiger partial charge in [0.15, 0.2) is 5.69 Å². The monoisotopic (exact) mass is 423 g/mol. The fourth-order valence-electron chi connectivity index (χ4n) is 3.66. The molecule has 2 amide bonds. The van der Waals surface area contributed by atoms with Crippen molar-refractivity contribution in [1.82, 2.24) is 25.2 Å². The summed E-state index contributed by atoms with van der Waals surface area (Å²) >= 11 is 6.04. The fraction of sp³-hybridized carbons (Fsp3) is 0.273. The third-order valence-corrected chi connectivity index (χ3v) is 5.46. The second kappa shape index (κ2) is 8.67. The van der Waals surface area contributed by atoms with E-state index in [4.69, 9.17) is 11.6 Å². The second-order valence-electron chi connectivity index (χ2n) is 7.46. The van der Waals surface area contributed by atoms with Crippen LogP contribution in [-0.2, 0) is 11.3 Å². The topological polar surface area (TPSA) is 80.1 Å². The molecule has 8 heteroatoms. The van der Waals surface area contributed by atoms with E-state index in [9.17, 15) is 9.59 Å². The normalized spacial score (nSPS) is 16.1. The molecule has 1 saturated heterocycles. The number of nitrogens with one attached hydrogen (secondary N) is 1. The van der Waals surface area contributed by atoms with Crippen molar-refractivity contribution in [2.24, 2.45) is 5.92 Å². The van der Waals surface area contributed by atoms with Gasteiger partial charge in [-0.3, -0.25) is 9.59 Å². The van der Waals surface area contributed by atoms with Crippen LogP contribution in [0.25, 0.3) is 5.69 Å². The lowest BCUT2D eigenvalue weighted by atomic mass is 10.1. The van der Waals surface area contributed by atoms with Crippen LogP contribution in [0.4, 0.5) is 0 Å². The lowest BCUT2D eigenvalue weighted by Gasteiger charge is -2.17. The fourth-order valence-corrected chi connectivity index (χ4v) is 3.84. The summed E-state index contributed by atoms with van der Waals surface area (Å²) in [5.41, 5.74) is 2.73. The highest BCUT2D eigenvalue weighted by Crippen LogP contribution is 2.20. The van der Waals surface area contributed by atoms with Gasteiger partial charge in [-0.2, -0.15) is 0 Å². The molecule has 30 heavy (non-hydrogen) atoms. The van der Waals surface area contributed by atoms with Gasteiger partial charge in [-0.15, -0.1) is 5.10 Å². The molecule has 1 N–H and O–H groups in total. The van der Waals surface area contributed by atoms with Crippen molar-refractivity contribution in [2.75, 3.05) is 13.1 Å². The van der Waals surface area contributed by atoms with Crippen molar-refractivity contribution in [3.63, 3.8) is 0 Å². The lowest BCUT2D eigenvalue weighted by molar-refractivity contribution is -0.128. The maximum absolute atomic E-state index is 12.6. The molecule has 1 unspecified atom stereocenters. The highest BCUT2D eigenvalue weighted by molar-refractivity contribution is 6.30. The summed E-state index contributed by atoms with van der Waals surface area (Å²) in [6, 6.07) is 17.1. The van der Waals surface area contributed by atoms with Crippen molar-refractivity contribution in [3.05, 3.63) is 76.6 Å². The first kappa shape index (κ1) is 20.1. The van der Waals surface area contributed by atoms with Crippen LogP contribution in [0.1, 0.15) is 28.2 Å². The Bertz CT molecular complexity index is 1070. The number of likely N-dealkylation sites (tertiary alicyclic amines) is 1. The third kappa shape index (κ3) is 4.36. The molecular weight excluding hydrogens is 402 g/mol. The zero-order valence-electron chi connectivity index (χ0n) is 16.6. The molecule has 2 aromatic carbocycles. The summed E-state index contributed by atoms with van der Waals surface area (Å²) in [5, 5.41) is 11.6. The number of amides is 2. The maximum Gasteiger partial charge on any atom is 0.273 e. The van der Waals surface area contributed by atoms with Crippen molar-refractivity contribution >= 4 is 23.4 Å². The van der Waals surface area contributed by atoms with Gasteiger partial charge in [0.05, 0.1) is 11.4 Å². The van der Waals surface area contributed by atoms with Crippen LogP contribution in [0.2, 0.25) is 5.02 Å². The van der Waals surface area contributed by atoms with Crippen molar-refractivity contribution in [2.45, 2.75) is 19.9 Å². The van der Waals surface area contributed by atoms with Crippen LogP contribution in [0, 0.1) is 12.8 Å². The summed E-state index contributed by atoms with van der Waals surface area (Å²) in [6.45, 7) is 3.43. The molecule has 0 bridgehead atoms. The molecule has 0 saturated carbocycles. The zero-order valence-corrected chi connectivity index (χ0v) is 17.3. The Kier molecular flexibility index (Phi) is 5.81. The largest absolute Gasteiger partial charge is 0.350 e. The third-order valence-electron chi connectivity index (χ3n) is 5.22. The highest BCUT2D eigenvalue weighted by Gasteiger charge is 2.30. The van der Waals surface area contributed by atoms with Crippen LogP contribution in [0.5, 0.6) is 0 Å². The first-order valence-corrected chi connectivity index (χ1v) is 10.2. The summed E-state index contributed by atoms with van der Waals surface area (Å²) in [7, 11) is 0. The molecule has 0 aliphatic carbocycles. The van der Waals surface area contributed by atoms with Gasteiger partial charge in [-0.25, -0.2) is 4.68 Å². The Morgan fingerprint density at radius 2 is 2.00 bits per heavy atom. The van der Waals surface area contributed by atoms with E-state index in [-0.39, 0.29) is 23.4 Å². The highest BCUT2D eigenvalue weighted by atomic mass is 35.5. The molecule has 1 atom stereocenters. The maximum atomic E-state index is 12.6. The van der Waals surface area contributed by atoms with E-state index < -0.39 is 0 Å². The van der Waals surface area contributed by atoms with E-state index >= 15 is 0 Å². The van der Waals surface area contributed by atoms with Crippen LogP contribution in [0.3, 0.4) is 0 Å². The van der Waals surface area contributed by atoms with Crippen LogP contribution in [-0.4, -0.2) is 44.8 Å². The number of aromatic nitrogens is 3. The number of carbonyl (C=O) groups excluding carboxylic acids is 2. The summed E-state index contributed by atoms with van der Waals surface area (Å²) in [6.07, 6.45) is 0.432. The predicted molar refractivity (Wildman–Crippen MR) is 113 cm³/mol. The molecule has 4 rings (SSSR count). The number of hydrogen-bond donors (Lipinski definition) is 1. The van der Waals surface area contributed by atoms with Crippen LogP contribution < -0.4 is 5.32 Å². The Morgan fingerprint density at radius 1 is 1.20 bits per heavy atom. The van der Waals surface area contributed by atoms with E-state index in [0.717, 1.165) is 11.3 Å². The van der Waals surface area contributed by atoms with E-state index in [1.165, 1.54) is 0 Å². The van der Waals surface area contributed by atoms with Crippen molar-refractivity contribution in [3.8, 4) is 5.69 Å². The molecule has 1 aromatic heterocycles. The van der Waals surface area contributed by atoms with E-state index in [1.807, 2.05) is 47.4 Å². The quantitative estimate of drug-likeness (QED) is 0.661. The smallest absolute Gasteiger partial charge is 0.273 e.